The maximum absolute atomic E-state index is 12.2. The molecule has 0 bridgehead atoms. The van der Waals surface area contributed by atoms with E-state index in [0.29, 0.717) is 37.0 Å². The molecule has 0 radical (unpaired) electrons. The fourth-order valence-electron chi connectivity index (χ4n) is 1.62. The van der Waals surface area contributed by atoms with Crippen LogP contribution in [0.2, 0.25) is 0 Å². The Labute approximate surface area is 108 Å². The summed E-state index contributed by atoms with van der Waals surface area (Å²) in [6, 6.07) is 1.68. The van der Waals surface area contributed by atoms with Gasteiger partial charge < -0.3 is 10.2 Å². The second kappa shape index (κ2) is 6.74. The highest BCUT2D eigenvalue weighted by Gasteiger charge is 2.15. The highest BCUT2D eigenvalue weighted by atomic mass is 16.2. The smallest absolute Gasteiger partial charge is 0.272 e. The van der Waals surface area contributed by atoms with Gasteiger partial charge in [0, 0.05) is 25.7 Å². The monoisotopic (exact) mass is 248 g/mol. The van der Waals surface area contributed by atoms with Gasteiger partial charge in [0.25, 0.3) is 5.91 Å². The highest BCUT2D eigenvalue weighted by molar-refractivity contribution is 5.92. The number of nitrogens with one attached hydrogen (secondary N) is 1. The lowest BCUT2D eigenvalue weighted by Gasteiger charge is -2.18. The fraction of sp³-hybridized carbons (Fsp3) is 0.462. The van der Waals surface area contributed by atoms with Crippen molar-refractivity contribution in [2.75, 3.05) is 25.0 Å². The van der Waals surface area contributed by atoms with Gasteiger partial charge in [0.2, 0.25) is 0 Å². The molecule has 1 N–H and O–H groups in total. The van der Waals surface area contributed by atoms with Gasteiger partial charge in [-0.15, -0.1) is 6.58 Å². The van der Waals surface area contributed by atoms with Gasteiger partial charge in [-0.3, -0.25) is 4.79 Å². The number of anilines is 1. The number of hydrogen-bond donors (Lipinski definition) is 1. The van der Waals surface area contributed by atoms with Crippen molar-refractivity contribution in [2.24, 2.45) is 0 Å². The maximum Gasteiger partial charge on any atom is 0.272 e. The van der Waals surface area contributed by atoms with Crippen LogP contribution in [0.4, 0.5) is 5.82 Å². The molecule has 0 saturated heterocycles. The van der Waals surface area contributed by atoms with Crippen LogP contribution in [-0.4, -0.2) is 40.4 Å². The van der Waals surface area contributed by atoms with Crippen molar-refractivity contribution in [1.29, 1.82) is 0 Å². The summed E-state index contributed by atoms with van der Waals surface area (Å²) in [5.74, 6) is 1.17. The molecule has 0 fully saturated rings. The van der Waals surface area contributed by atoms with Crippen molar-refractivity contribution in [3.63, 3.8) is 0 Å². The Hall–Kier alpha value is -1.91. The van der Waals surface area contributed by atoms with Crippen LogP contribution in [0.25, 0.3) is 0 Å². The topological polar surface area (TPSA) is 58.1 Å². The van der Waals surface area contributed by atoms with E-state index in [-0.39, 0.29) is 5.91 Å². The fourth-order valence-corrected chi connectivity index (χ4v) is 1.62. The Morgan fingerprint density at radius 1 is 1.44 bits per heavy atom. The molecular weight excluding hydrogens is 228 g/mol. The minimum atomic E-state index is -0.0628. The minimum absolute atomic E-state index is 0.0628. The summed E-state index contributed by atoms with van der Waals surface area (Å²) in [4.78, 5) is 22.3. The van der Waals surface area contributed by atoms with Gasteiger partial charge in [-0.25, -0.2) is 9.97 Å². The molecule has 0 aliphatic carbocycles. The van der Waals surface area contributed by atoms with E-state index >= 15 is 0 Å². The number of hydrogen-bond acceptors (Lipinski definition) is 4. The third kappa shape index (κ3) is 3.55. The molecular formula is C13H20N4O. The number of carbonyl (C=O) groups excluding carboxylic acids is 1. The molecule has 5 heteroatoms. The van der Waals surface area contributed by atoms with E-state index in [1.807, 2.05) is 13.8 Å². The van der Waals surface area contributed by atoms with E-state index in [1.54, 1.807) is 24.0 Å². The van der Waals surface area contributed by atoms with Crippen LogP contribution in [0.1, 0.15) is 30.2 Å². The molecule has 1 heterocycles. The van der Waals surface area contributed by atoms with E-state index in [4.69, 9.17) is 0 Å². The van der Waals surface area contributed by atoms with E-state index in [0.717, 1.165) is 0 Å². The summed E-state index contributed by atoms with van der Waals surface area (Å²) >= 11 is 0. The largest absolute Gasteiger partial charge is 0.366 e. The predicted octanol–water partition coefficient (Wildman–Crippen LogP) is 1.86. The van der Waals surface area contributed by atoms with E-state index in [9.17, 15) is 4.79 Å². The summed E-state index contributed by atoms with van der Waals surface area (Å²) in [5.41, 5.74) is 0.428. The first-order valence-electron chi connectivity index (χ1n) is 6.12. The molecule has 1 aromatic heterocycles. The predicted molar refractivity (Wildman–Crippen MR) is 72.7 cm³/mol. The lowest BCUT2D eigenvalue weighted by molar-refractivity contribution is 0.0766. The van der Waals surface area contributed by atoms with Crippen molar-refractivity contribution in [1.82, 2.24) is 14.9 Å². The standard InChI is InChI=1S/C13H20N4O/c1-5-8-14-12-9-11(15-10(4)16-12)13(18)17(6-2)7-3/h5,9H,1,6-8H2,2-4H3,(H,14,15,16). The van der Waals surface area contributed by atoms with Crippen molar-refractivity contribution in [3.8, 4) is 0 Å². The van der Waals surface area contributed by atoms with Crippen LogP contribution in [0.3, 0.4) is 0 Å². The van der Waals surface area contributed by atoms with Crippen LogP contribution >= 0.6 is 0 Å². The lowest BCUT2D eigenvalue weighted by atomic mass is 10.3. The number of carbonyl (C=O) groups is 1. The van der Waals surface area contributed by atoms with Gasteiger partial charge in [0.1, 0.15) is 17.3 Å². The van der Waals surface area contributed by atoms with Gasteiger partial charge >= 0.3 is 0 Å². The van der Waals surface area contributed by atoms with E-state index in [1.165, 1.54) is 0 Å². The molecule has 0 aromatic carbocycles. The number of rotatable bonds is 6. The molecule has 0 saturated carbocycles. The Balaban J connectivity index is 2.97. The highest BCUT2D eigenvalue weighted by Crippen LogP contribution is 2.09. The second-order valence-corrected chi connectivity index (χ2v) is 3.83. The average Bonchev–Trinajstić information content (AvgIpc) is 2.37. The third-order valence-electron chi connectivity index (χ3n) is 2.54. The Bertz CT molecular complexity index is 427. The van der Waals surface area contributed by atoms with Gasteiger partial charge in [-0.05, 0) is 20.8 Å². The summed E-state index contributed by atoms with van der Waals surface area (Å²) in [5, 5.41) is 3.07. The first-order valence-corrected chi connectivity index (χ1v) is 6.12. The number of amides is 1. The first-order chi connectivity index (χ1) is 8.62. The lowest BCUT2D eigenvalue weighted by Crippen LogP contribution is -2.31. The van der Waals surface area contributed by atoms with Crippen LogP contribution in [0.15, 0.2) is 18.7 Å². The Kier molecular flexibility index (Phi) is 5.30. The van der Waals surface area contributed by atoms with E-state index in [2.05, 4.69) is 21.9 Å². The Morgan fingerprint density at radius 3 is 2.67 bits per heavy atom. The molecule has 0 atom stereocenters. The molecule has 5 nitrogen and oxygen atoms in total. The van der Waals surface area contributed by atoms with Crippen molar-refractivity contribution in [3.05, 3.63) is 30.2 Å². The molecule has 1 aromatic rings. The van der Waals surface area contributed by atoms with Crippen LogP contribution in [-0.2, 0) is 0 Å². The summed E-state index contributed by atoms with van der Waals surface area (Å²) in [7, 11) is 0. The van der Waals surface area contributed by atoms with Gasteiger partial charge in [0.05, 0.1) is 0 Å². The molecule has 18 heavy (non-hydrogen) atoms. The quantitative estimate of drug-likeness (QED) is 0.781. The Morgan fingerprint density at radius 2 is 2.11 bits per heavy atom. The first kappa shape index (κ1) is 14.2. The zero-order valence-electron chi connectivity index (χ0n) is 11.2. The number of nitrogens with zero attached hydrogens (tertiary/aromatic N) is 3. The molecule has 0 unspecified atom stereocenters. The molecule has 0 aliphatic rings. The van der Waals surface area contributed by atoms with Gasteiger partial charge in [0.15, 0.2) is 0 Å². The minimum Gasteiger partial charge on any atom is -0.366 e. The molecule has 98 valence electrons. The van der Waals surface area contributed by atoms with Crippen LogP contribution in [0.5, 0.6) is 0 Å². The maximum atomic E-state index is 12.2. The van der Waals surface area contributed by atoms with Crippen molar-refractivity contribution < 1.29 is 4.79 Å². The van der Waals surface area contributed by atoms with Crippen molar-refractivity contribution in [2.45, 2.75) is 20.8 Å². The average molecular weight is 248 g/mol. The molecule has 0 aliphatic heterocycles. The van der Waals surface area contributed by atoms with Gasteiger partial charge in [-0.2, -0.15) is 0 Å². The number of aromatic nitrogens is 2. The third-order valence-corrected chi connectivity index (χ3v) is 2.54. The summed E-state index contributed by atoms with van der Waals surface area (Å²) < 4.78 is 0. The zero-order chi connectivity index (χ0) is 13.5. The summed E-state index contributed by atoms with van der Waals surface area (Å²) in [6.07, 6.45) is 1.74. The molecule has 1 amide bonds. The molecule has 0 spiro atoms. The number of aryl methyl sites for hydroxylation is 1. The van der Waals surface area contributed by atoms with E-state index < -0.39 is 0 Å². The second-order valence-electron chi connectivity index (χ2n) is 3.83. The zero-order valence-corrected chi connectivity index (χ0v) is 11.2. The SMILES string of the molecule is C=CCNc1cc(C(=O)N(CC)CC)nc(C)n1. The van der Waals surface area contributed by atoms with Crippen LogP contribution in [0, 0.1) is 6.92 Å². The van der Waals surface area contributed by atoms with Crippen LogP contribution < -0.4 is 5.32 Å². The van der Waals surface area contributed by atoms with Gasteiger partial charge in [-0.1, -0.05) is 6.08 Å². The molecule has 1 rings (SSSR count). The van der Waals surface area contributed by atoms with Crippen molar-refractivity contribution >= 4 is 11.7 Å². The normalized spacial score (nSPS) is 9.94. The summed E-state index contributed by atoms with van der Waals surface area (Å²) in [6.45, 7) is 11.3.